The van der Waals surface area contributed by atoms with Gasteiger partial charge in [0.1, 0.15) is 16.3 Å². The molecule has 0 amide bonds. The van der Waals surface area contributed by atoms with Crippen molar-refractivity contribution in [1.82, 2.24) is 18.9 Å². The van der Waals surface area contributed by atoms with Gasteiger partial charge in [-0.25, -0.2) is 14.8 Å². The second kappa shape index (κ2) is 7.44. The van der Waals surface area contributed by atoms with Gasteiger partial charge in [0, 0.05) is 40.6 Å². The van der Waals surface area contributed by atoms with Gasteiger partial charge >= 0.3 is 5.97 Å². The zero-order valence-electron chi connectivity index (χ0n) is 17.1. The summed E-state index contributed by atoms with van der Waals surface area (Å²) < 4.78 is 9.04. The maximum absolute atomic E-state index is 13.1. The highest BCUT2D eigenvalue weighted by molar-refractivity contribution is 7.21. The van der Waals surface area contributed by atoms with Crippen LogP contribution in [0.15, 0.2) is 46.8 Å². The molecule has 0 aliphatic carbocycles. The van der Waals surface area contributed by atoms with Crippen LogP contribution in [0.3, 0.4) is 0 Å². The maximum atomic E-state index is 13.1. The van der Waals surface area contributed by atoms with Crippen LogP contribution in [0.4, 0.5) is 0 Å². The first kappa shape index (κ1) is 19.7. The van der Waals surface area contributed by atoms with E-state index in [0.717, 1.165) is 32.9 Å². The number of hydrogen-bond donors (Lipinski definition) is 0. The first-order chi connectivity index (χ1) is 14.9. The van der Waals surface area contributed by atoms with Crippen molar-refractivity contribution in [3.05, 3.63) is 79.9 Å². The molecule has 0 unspecified atom stereocenters. The van der Waals surface area contributed by atoms with Gasteiger partial charge in [-0.3, -0.25) is 9.20 Å². The predicted molar refractivity (Wildman–Crippen MR) is 122 cm³/mol. The molecule has 9 heteroatoms. The molecule has 5 rings (SSSR count). The summed E-state index contributed by atoms with van der Waals surface area (Å²) >= 11 is 2.69. The monoisotopic (exact) mass is 450 g/mol. The number of aryl methyl sites for hydroxylation is 3. The van der Waals surface area contributed by atoms with E-state index in [4.69, 9.17) is 4.74 Å². The second-order valence-corrected chi connectivity index (χ2v) is 9.12. The number of carbonyl (C=O) groups is 1. The number of fused-ring (bicyclic) bond motifs is 2. The number of pyridine rings is 1. The molecule has 156 valence electrons. The predicted octanol–water partition coefficient (Wildman–Crippen LogP) is 4.44. The van der Waals surface area contributed by atoms with Crippen LogP contribution in [0.25, 0.3) is 20.9 Å². The molecule has 0 aromatic carbocycles. The second-order valence-electron chi connectivity index (χ2n) is 7.29. The van der Waals surface area contributed by atoms with Crippen molar-refractivity contribution in [2.45, 2.75) is 27.4 Å². The number of rotatable bonds is 4. The summed E-state index contributed by atoms with van der Waals surface area (Å²) in [4.78, 5) is 36.4. The van der Waals surface area contributed by atoms with E-state index < -0.39 is 5.97 Å². The Hall–Kier alpha value is -3.30. The van der Waals surface area contributed by atoms with Crippen molar-refractivity contribution < 1.29 is 9.53 Å². The Balaban J connectivity index is 1.52. The molecule has 0 aliphatic heterocycles. The van der Waals surface area contributed by atoms with Gasteiger partial charge in [-0.1, -0.05) is 0 Å². The summed E-state index contributed by atoms with van der Waals surface area (Å²) in [6.45, 7) is 5.73. The summed E-state index contributed by atoms with van der Waals surface area (Å²) in [5.74, 6) is -0.465. The van der Waals surface area contributed by atoms with E-state index >= 15 is 0 Å². The first-order valence-electron chi connectivity index (χ1n) is 9.60. The number of carbonyl (C=O) groups excluding carboxylic acids is 1. The van der Waals surface area contributed by atoms with Crippen molar-refractivity contribution in [3.8, 4) is 5.69 Å². The third-order valence-electron chi connectivity index (χ3n) is 4.99. The largest absolute Gasteiger partial charge is 0.455 e. The van der Waals surface area contributed by atoms with Gasteiger partial charge in [-0.15, -0.1) is 22.7 Å². The van der Waals surface area contributed by atoms with E-state index in [1.165, 1.54) is 28.7 Å². The van der Waals surface area contributed by atoms with Crippen molar-refractivity contribution in [2.24, 2.45) is 0 Å². The van der Waals surface area contributed by atoms with Gasteiger partial charge in [-0.2, -0.15) is 0 Å². The lowest BCUT2D eigenvalue weighted by Crippen LogP contribution is -2.16. The Morgan fingerprint density at radius 3 is 2.68 bits per heavy atom. The fraction of sp³-hybridized carbons (Fsp3) is 0.182. The van der Waals surface area contributed by atoms with Gasteiger partial charge in [-0.05, 0) is 44.5 Å². The fourth-order valence-corrected chi connectivity index (χ4v) is 5.75. The molecule has 0 bridgehead atoms. The van der Waals surface area contributed by atoms with Crippen LogP contribution in [0.2, 0.25) is 0 Å². The Morgan fingerprint density at radius 1 is 1.13 bits per heavy atom. The summed E-state index contributed by atoms with van der Waals surface area (Å²) in [5, 5.41) is 2.81. The summed E-state index contributed by atoms with van der Waals surface area (Å²) in [6, 6.07) is 7.23. The quantitative estimate of drug-likeness (QED) is 0.378. The summed E-state index contributed by atoms with van der Waals surface area (Å²) in [7, 11) is 0. The summed E-state index contributed by atoms with van der Waals surface area (Å²) in [5.41, 5.74) is 3.79. The molecular weight excluding hydrogens is 432 g/mol. The SMILES string of the molecule is Cc1cc(C)c2c(-n3cccc3)c(C(=O)OCc3cc(=O)n4c(C)csc4n3)sc2n1. The van der Waals surface area contributed by atoms with Crippen LogP contribution in [0.1, 0.15) is 32.3 Å². The zero-order valence-corrected chi connectivity index (χ0v) is 18.7. The lowest BCUT2D eigenvalue weighted by Gasteiger charge is -2.08. The molecule has 0 N–H and O–H groups in total. The van der Waals surface area contributed by atoms with E-state index in [0.29, 0.717) is 15.5 Å². The molecule has 5 aromatic heterocycles. The molecule has 0 saturated carbocycles. The van der Waals surface area contributed by atoms with Crippen molar-refractivity contribution in [3.63, 3.8) is 0 Å². The number of thiazole rings is 1. The number of ether oxygens (including phenoxy) is 1. The highest BCUT2D eigenvalue weighted by atomic mass is 32.1. The van der Waals surface area contributed by atoms with E-state index in [2.05, 4.69) is 9.97 Å². The smallest absolute Gasteiger partial charge is 0.350 e. The molecule has 0 saturated heterocycles. The normalized spacial score (nSPS) is 11.5. The number of hydrogen-bond acceptors (Lipinski definition) is 7. The van der Waals surface area contributed by atoms with Gasteiger partial charge in [0.2, 0.25) is 0 Å². The average molecular weight is 451 g/mol. The summed E-state index contributed by atoms with van der Waals surface area (Å²) in [6.07, 6.45) is 3.79. The molecule has 0 radical (unpaired) electrons. The molecular formula is C22H18N4O3S2. The number of aromatic nitrogens is 4. The van der Waals surface area contributed by atoms with E-state index in [1.807, 2.05) is 61.3 Å². The molecule has 31 heavy (non-hydrogen) atoms. The van der Waals surface area contributed by atoms with Gasteiger partial charge < -0.3 is 9.30 Å². The van der Waals surface area contributed by atoms with E-state index in [1.54, 1.807) is 4.40 Å². The van der Waals surface area contributed by atoms with Crippen LogP contribution in [0, 0.1) is 20.8 Å². The van der Waals surface area contributed by atoms with Gasteiger partial charge in [0.05, 0.1) is 11.4 Å². The highest BCUT2D eigenvalue weighted by Crippen LogP contribution is 2.36. The Morgan fingerprint density at radius 2 is 1.90 bits per heavy atom. The van der Waals surface area contributed by atoms with Crippen molar-refractivity contribution >= 4 is 43.8 Å². The zero-order chi connectivity index (χ0) is 21.7. The van der Waals surface area contributed by atoms with Gasteiger partial charge in [0.25, 0.3) is 5.56 Å². The van der Waals surface area contributed by atoms with Crippen molar-refractivity contribution in [1.29, 1.82) is 0 Å². The molecule has 0 fully saturated rings. The highest BCUT2D eigenvalue weighted by Gasteiger charge is 2.23. The van der Waals surface area contributed by atoms with Crippen LogP contribution in [0.5, 0.6) is 0 Å². The third-order valence-corrected chi connectivity index (χ3v) is 6.99. The molecule has 5 heterocycles. The Labute approximate surface area is 185 Å². The Kier molecular flexibility index (Phi) is 4.71. The number of esters is 1. The topological polar surface area (TPSA) is 78.5 Å². The van der Waals surface area contributed by atoms with E-state index in [-0.39, 0.29) is 12.2 Å². The maximum Gasteiger partial charge on any atom is 0.350 e. The number of thiophene rings is 1. The van der Waals surface area contributed by atoms with Crippen LogP contribution < -0.4 is 5.56 Å². The average Bonchev–Trinajstić information content (AvgIpc) is 3.44. The Bertz CT molecular complexity index is 1510. The van der Waals surface area contributed by atoms with Crippen LogP contribution >= 0.6 is 22.7 Å². The molecule has 7 nitrogen and oxygen atoms in total. The lowest BCUT2D eigenvalue weighted by atomic mass is 10.1. The minimum Gasteiger partial charge on any atom is -0.455 e. The third kappa shape index (κ3) is 3.35. The fourth-order valence-electron chi connectivity index (χ4n) is 3.67. The standard InChI is InChI=1S/C22H18N4O3S2/c1-12-8-13(2)23-20-17(12)18(25-6-4-5-7-25)19(31-20)21(28)29-10-15-9-16(27)26-14(3)11-30-22(26)24-15/h4-9,11H,10H2,1-3H3. The first-order valence-corrected chi connectivity index (χ1v) is 11.3. The minimum atomic E-state index is -0.465. The minimum absolute atomic E-state index is 0.0771. The molecule has 5 aromatic rings. The number of nitrogens with zero attached hydrogens (tertiary/aromatic N) is 4. The molecule has 0 atom stereocenters. The molecule has 0 spiro atoms. The van der Waals surface area contributed by atoms with E-state index in [9.17, 15) is 9.59 Å². The van der Waals surface area contributed by atoms with Crippen LogP contribution in [-0.4, -0.2) is 24.9 Å². The lowest BCUT2D eigenvalue weighted by molar-refractivity contribution is 0.0473. The molecule has 0 aliphatic rings. The van der Waals surface area contributed by atoms with Crippen LogP contribution in [-0.2, 0) is 11.3 Å². The van der Waals surface area contributed by atoms with Gasteiger partial charge in [0.15, 0.2) is 4.96 Å². The van der Waals surface area contributed by atoms with Crippen molar-refractivity contribution in [2.75, 3.05) is 0 Å².